The van der Waals surface area contributed by atoms with Gasteiger partial charge in [-0.1, -0.05) is 0 Å². The fraction of sp³-hybridized carbons (Fsp3) is 0.889. The third-order valence-electron chi connectivity index (χ3n) is 2.20. The maximum absolute atomic E-state index is 11.1. The van der Waals surface area contributed by atoms with Gasteiger partial charge >= 0.3 is 0 Å². The Bertz CT molecular complexity index is 162. The van der Waals surface area contributed by atoms with Crippen LogP contribution in [0.15, 0.2) is 0 Å². The summed E-state index contributed by atoms with van der Waals surface area (Å²) in [6.07, 6.45) is 1.82. The van der Waals surface area contributed by atoms with Crippen LogP contribution in [0.5, 0.6) is 0 Å². The molecule has 0 aromatic carbocycles. The predicted octanol–water partition coefficient (Wildman–Crippen LogP) is 1.87. The minimum atomic E-state index is 0. The van der Waals surface area contributed by atoms with E-state index in [1.54, 1.807) is 0 Å². The molecule has 0 N–H and O–H groups in total. The summed E-state index contributed by atoms with van der Waals surface area (Å²) >= 11 is 0. The van der Waals surface area contributed by atoms with E-state index in [2.05, 4.69) is 25.7 Å². The fourth-order valence-corrected chi connectivity index (χ4v) is 1.41. The Labute approximate surface area is 80.7 Å². The predicted molar refractivity (Wildman–Crippen MR) is 52.8 cm³/mol. The van der Waals surface area contributed by atoms with Crippen LogP contribution in [0.4, 0.5) is 0 Å². The average Bonchev–Trinajstić information content (AvgIpc) is 1.86. The van der Waals surface area contributed by atoms with E-state index in [1.807, 2.05) is 0 Å². The van der Waals surface area contributed by atoms with Crippen molar-refractivity contribution in [1.82, 2.24) is 4.90 Å². The van der Waals surface area contributed by atoms with E-state index >= 15 is 0 Å². The van der Waals surface area contributed by atoms with Crippen LogP contribution in [0, 0.1) is 0 Å². The molecule has 0 amide bonds. The van der Waals surface area contributed by atoms with Crippen molar-refractivity contribution in [3.63, 3.8) is 0 Å². The highest BCUT2D eigenvalue weighted by Gasteiger charge is 2.25. The molecule has 2 nitrogen and oxygen atoms in total. The highest BCUT2D eigenvalue weighted by Crippen LogP contribution is 2.17. The summed E-state index contributed by atoms with van der Waals surface area (Å²) in [6.45, 7) is 8.21. The van der Waals surface area contributed by atoms with Gasteiger partial charge < -0.3 is 0 Å². The van der Waals surface area contributed by atoms with Gasteiger partial charge in [-0.15, -0.1) is 12.4 Å². The lowest BCUT2D eigenvalue weighted by atomic mass is 10.0. The molecule has 0 aliphatic carbocycles. The molecular formula is C9H18ClNO. The minimum absolute atomic E-state index is 0. The quantitative estimate of drug-likeness (QED) is 0.583. The van der Waals surface area contributed by atoms with Gasteiger partial charge in [0.05, 0.1) is 6.54 Å². The van der Waals surface area contributed by atoms with Crippen LogP contribution in [0.25, 0.3) is 0 Å². The molecule has 1 heterocycles. The van der Waals surface area contributed by atoms with Crippen LogP contribution < -0.4 is 0 Å². The molecule has 0 aromatic heterocycles. The lowest BCUT2D eigenvalue weighted by molar-refractivity contribution is -0.123. The highest BCUT2D eigenvalue weighted by atomic mass is 35.5. The summed E-state index contributed by atoms with van der Waals surface area (Å²) in [5.41, 5.74) is 0.163. The molecular weight excluding hydrogens is 174 g/mol. The van der Waals surface area contributed by atoms with Crippen molar-refractivity contribution in [2.45, 2.75) is 39.2 Å². The number of nitrogens with zero attached hydrogens (tertiary/aromatic N) is 1. The molecule has 0 spiro atoms. The first-order valence-corrected chi connectivity index (χ1v) is 4.27. The number of rotatable bonds is 0. The van der Waals surface area contributed by atoms with Crippen molar-refractivity contribution >= 4 is 18.2 Å². The summed E-state index contributed by atoms with van der Waals surface area (Å²) in [4.78, 5) is 13.3. The van der Waals surface area contributed by atoms with Gasteiger partial charge in [-0.2, -0.15) is 0 Å². The molecule has 1 saturated heterocycles. The first kappa shape index (κ1) is 11.9. The number of halogens is 1. The van der Waals surface area contributed by atoms with Gasteiger partial charge in [0.1, 0.15) is 5.78 Å². The van der Waals surface area contributed by atoms with Gasteiger partial charge in [-0.3, -0.25) is 9.69 Å². The summed E-state index contributed by atoms with van der Waals surface area (Å²) in [7, 11) is 0. The highest BCUT2D eigenvalue weighted by molar-refractivity contribution is 5.85. The summed E-state index contributed by atoms with van der Waals surface area (Å²) in [5.74, 6) is 0.395. The fourth-order valence-electron chi connectivity index (χ4n) is 1.41. The lowest BCUT2D eigenvalue weighted by Crippen LogP contribution is -2.47. The molecule has 1 aliphatic heterocycles. The largest absolute Gasteiger partial charge is 0.298 e. The number of hydrogen-bond donors (Lipinski definition) is 0. The van der Waals surface area contributed by atoms with E-state index in [4.69, 9.17) is 0 Å². The molecule has 0 aromatic rings. The zero-order chi connectivity index (χ0) is 8.48. The van der Waals surface area contributed by atoms with Gasteiger partial charge in [0.25, 0.3) is 0 Å². The van der Waals surface area contributed by atoms with E-state index in [0.717, 1.165) is 19.4 Å². The molecule has 1 fully saturated rings. The van der Waals surface area contributed by atoms with Crippen molar-refractivity contribution in [1.29, 1.82) is 0 Å². The van der Waals surface area contributed by atoms with Crippen LogP contribution in [0.1, 0.15) is 33.6 Å². The Hall–Kier alpha value is -0.0800. The van der Waals surface area contributed by atoms with E-state index < -0.39 is 0 Å². The summed E-state index contributed by atoms with van der Waals surface area (Å²) in [6, 6.07) is 0. The summed E-state index contributed by atoms with van der Waals surface area (Å²) in [5, 5.41) is 0. The average molecular weight is 192 g/mol. The zero-order valence-electron chi connectivity index (χ0n) is 8.09. The maximum Gasteiger partial charge on any atom is 0.146 e. The van der Waals surface area contributed by atoms with Gasteiger partial charge in [-0.05, 0) is 33.7 Å². The standard InChI is InChI=1S/C9H17NO.ClH/c1-9(2,3)10-6-4-5-8(11)7-10;/h4-7H2,1-3H3;1H. The normalized spacial score (nSPS) is 20.4. The maximum atomic E-state index is 11.1. The van der Waals surface area contributed by atoms with Crippen LogP contribution in [-0.4, -0.2) is 29.3 Å². The third-order valence-corrected chi connectivity index (χ3v) is 2.20. The number of piperidine rings is 1. The first-order valence-electron chi connectivity index (χ1n) is 4.27. The van der Waals surface area contributed by atoms with Crippen LogP contribution in [0.2, 0.25) is 0 Å². The van der Waals surface area contributed by atoms with E-state index in [9.17, 15) is 4.79 Å². The van der Waals surface area contributed by atoms with Crippen LogP contribution in [-0.2, 0) is 4.79 Å². The Morgan fingerprint density at radius 3 is 2.25 bits per heavy atom. The number of Topliss-reactive ketones (excluding diaryl/α,β-unsaturated/α-hetero) is 1. The molecule has 72 valence electrons. The van der Waals surface area contributed by atoms with Crippen LogP contribution in [0.3, 0.4) is 0 Å². The van der Waals surface area contributed by atoms with Crippen molar-refractivity contribution in [2.24, 2.45) is 0 Å². The SMILES string of the molecule is CC(C)(C)N1CCCC(=O)C1.Cl. The molecule has 1 aliphatic rings. The van der Waals surface area contributed by atoms with Gasteiger partial charge in [0.2, 0.25) is 0 Å². The van der Waals surface area contributed by atoms with E-state index in [-0.39, 0.29) is 17.9 Å². The second-order valence-electron chi connectivity index (χ2n) is 4.23. The monoisotopic (exact) mass is 191 g/mol. The van der Waals surface area contributed by atoms with Crippen LogP contribution >= 0.6 is 12.4 Å². The number of hydrogen-bond acceptors (Lipinski definition) is 2. The Balaban J connectivity index is 0.00000121. The van der Waals surface area contributed by atoms with E-state index in [0.29, 0.717) is 12.3 Å². The van der Waals surface area contributed by atoms with Gasteiger partial charge in [0.15, 0.2) is 0 Å². The number of carbonyl (C=O) groups is 1. The Morgan fingerprint density at radius 1 is 1.33 bits per heavy atom. The number of likely N-dealkylation sites (tertiary alicyclic amines) is 1. The Morgan fingerprint density at radius 2 is 1.92 bits per heavy atom. The smallest absolute Gasteiger partial charge is 0.146 e. The van der Waals surface area contributed by atoms with Gasteiger partial charge in [-0.25, -0.2) is 0 Å². The van der Waals surface area contributed by atoms with Crippen molar-refractivity contribution in [3.05, 3.63) is 0 Å². The lowest BCUT2D eigenvalue weighted by Gasteiger charge is -2.37. The summed E-state index contributed by atoms with van der Waals surface area (Å²) < 4.78 is 0. The van der Waals surface area contributed by atoms with Crippen molar-refractivity contribution in [2.75, 3.05) is 13.1 Å². The van der Waals surface area contributed by atoms with E-state index in [1.165, 1.54) is 0 Å². The van der Waals surface area contributed by atoms with Crippen molar-refractivity contribution < 1.29 is 4.79 Å². The first-order chi connectivity index (χ1) is 5.00. The number of ketones is 1. The molecule has 0 radical (unpaired) electrons. The molecule has 0 saturated carbocycles. The molecule has 0 atom stereocenters. The number of carbonyl (C=O) groups excluding carboxylic acids is 1. The second kappa shape index (κ2) is 4.24. The molecule has 0 bridgehead atoms. The molecule has 12 heavy (non-hydrogen) atoms. The van der Waals surface area contributed by atoms with Crippen molar-refractivity contribution in [3.8, 4) is 0 Å². The Kier molecular flexibility index (Phi) is 4.21. The molecule has 1 rings (SSSR count). The third kappa shape index (κ3) is 3.11. The van der Waals surface area contributed by atoms with Gasteiger partial charge in [0, 0.05) is 12.0 Å². The topological polar surface area (TPSA) is 20.3 Å². The minimum Gasteiger partial charge on any atom is -0.298 e. The second-order valence-corrected chi connectivity index (χ2v) is 4.23. The molecule has 0 unspecified atom stereocenters. The zero-order valence-corrected chi connectivity index (χ0v) is 8.91. The molecule has 3 heteroatoms.